The molecule has 0 amide bonds. The average Bonchev–Trinajstić information content (AvgIpc) is 3.10. The molecule has 1 saturated heterocycles. The van der Waals surface area contributed by atoms with Gasteiger partial charge in [0.1, 0.15) is 0 Å². The minimum absolute atomic E-state index is 0.0391. The fourth-order valence-electron chi connectivity index (χ4n) is 2.99. The lowest BCUT2D eigenvalue weighted by molar-refractivity contribution is 0.0647. The average molecular weight is 331 g/mol. The number of tetrazole rings is 1. The fraction of sp³-hybridized carbons (Fsp3) is 0.467. The monoisotopic (exact) mass is 331 g/mol. The van der Waals surface area contributed by atoms with E-state index in [0.29, 0.717) is 24.3 Å². The van der Waals surface area contributed by atoms with Crippen LogP contribution in [0, 0.1) is 0 Å². The number of hydrogen-bond donors (Lipinski definition) is 0. The third kappa shape index (κ3) is 2.46. The van der Waals surface area contributed by atoms with Crippen LogP contribution < -0.4 is 11.4 Å². The van der Waals surface area contributed by atoms with Gasteiger partial charge >= 0.3 is 11.4 Å². The lowest BCUT2D eigenvalue weighted by Gasteiger charge is -2.20. The summed E-state index contributed by atoms with van der Waals surface area (Å²) < 4.78 is 14.6. The Morgan fingerprint density at radius 2 is 2.00 bits per heavy atom. The highest BCUT2D eigenvalue weighted by Gasteiger charge is 2.20. The number of hydrogen-bond acceptors (Lipinski definition) is 6. The lowest BCUT2D eigenvalue weighted by Crippen LogP contribution is -2.31. The Hall–Kier alpha value is -2.68. The molecule has 0 aliphatic carbocycles. The van der Waals surface area contributed by atoms with Crippen LogP contribution in [0.1, 0.15) is 24.4 Å². The zero-order valence-electron chi connectivity index (χ0n) is 13.2. The van der Waals surface area contributed by atoms with E-state index in [2.05, 4.69) is 10.4 Å². The number of rotatable bonds is 3. The van der Waals surface area contributed by atoms with Crippen molar-refractivity contribution in [1.29, 1.82) is 0 Å². The van der Waals surface area contributed by atoms with Crippen LogP contribution in [0.2, 0.25) is 0 Å². The number of nitrogens with zero attached hydrogens (tertiary/aromatic N) is 5. The largest absolute Gasteiger partial charge is 0.419 e. The van der Waals surface area contributed by atoms with Gasteiger partial charge < -0.3 is 9.15 Å². The molecule has 9 nitrogen and oxygen atoms in total. The Morgan fingerprint density at radius 3 is 2.79 bits per heavy atom. The molecule has 0 N–H and O–H groups in total. The molecule has 126 valence electrons. The van der Waals surface area contributed by atoms with Gasteiger partial charge in [-0.05, 0) is 41.0 Å². The van der Waals surface area contributed by atoms with Crippen LogP contribution in [0.15, 0.2) is 32.2 Å². The molecule has 1 fully saturated rings. The molecule has 1 aliphatic heterocycles. The topological polar surface area (TPSA) is 97.1 Å². The van der Waals surface area contributed by atoms with Crippen LogP contribution >= 0.6 is 0 Å². The van der Waals surface area contributed by atoms with E-state index in [1.54, 1.807) is 13.1 Å². The summed E-state index contributed by atoms with van der Waals surface area (Å²) in [5.41, 5.74) is 1.81. The fourth-order valence-corrected chi connectivity index (χ4v) is 2.99. The second-order valence-electron chi connectivity index (χ2n) is 5.94. The van der Waals surface area contributed by atoms with Gasteiger partial charge in [-0.2, -0.15) is 9.36 Å². The van der Waals surface area contributed by atoms with Gasteiger partial charge in [-0.15, -0.1) is 0 Å². The minimum atomic E-state index is -0.412. The summed E-state index contributed by atoms with van der Waals surface area (Å²) in [5, 5.41) is 7.99. The summed E-state index contributed by atoms with van der Waals surface area (Å²) >= 11 is 0. The second-order valence-corrected chi connectivity index (χ2v) is 5.94. The molecule has 0 atom stereocenters. The standard InChI is InChI=1S/C15H17N5O4/c1-18-12-8-10(2-3-13(12)24-15(18)22)9-19-14(21)20(17-16-19)11-4-6-23-7-5-11/h2-3,8,11H,4-7,9H2,1H3. The molecule has 1 aromatic carbocycles. The molecule has 4 rings (SSSR count). The van der Waals surface area contributed by atoms with Gasteiger partial charge in [0.15, 0.2) is 5.58 Å². The van der Waals surface area contributed by atoms with E-state index in [4.69, 9.17) is 9.15 Å². The molecule has 0 spiro atoms. The first-order valence-corrected chi connectivity index (χ1v) is 7.82. The van der Waals surface area contributed by atoms with Gasteiger partial charge in [-0.25, -0.2) is 9.59 Å². The van der Waals surface area contributed by atoms with Crippen LogP contribution in [0.5, 0.6) is 0 Å². The molecule has 9 heteroatoms. The van der Waals surface area contributed by atoms with Crippen LogP contribution in [0.3, 0.4) is 0 Å². The van der Waals surface area contributed by atoms with Crippen molar-refractivity contribution in [3.8, 4) is 0 Å². The Kier molecular flexibility index (Phi) is 3.57. The summed E-state index contributed by atoms with van der Waals surface area (Å²) in [6.07, 6.45) is 1.53. The molecule has 0 radical (unpaired) electrons. The molecule has 0 bridgehead atoms. The van der Waals surface area contributed by atoms with Crippen molar-refractivity contribution >= 4 is 11.1 Å². The van der Waals surface area contributed by atoms with Crippen molar-refractivity contribution < 1.29 is 9.15 Å². The van der Waals surface area contributed by atoms with Gasteiger partial charge in [0.25, 0.3) is 0 Å². The molecule has 3 aromatic rings. The van der Waals surface area contributed by atoms with E-state index in [9.17, 15) is 9.59 Å². The van der Waals surface area contributed by atoms with Crippen molar-refractivity contribution in [3.63, 3.8) is 0 Å². The summed E-state index contributed by atoms with van der Waals surface area (Å²) in [7, 11) is 1.64. The van der Waals surface area contributed by atoms with Crippen LogP contribution in [0.25, 0.3) is 11.1 Å². The Morgan fingerprint density at radius 1 is 1.21 bits per heavy atom. The molecular weight excluding hydrogens is 314 g/mol. The highest BCUT2D eigenvalue weighted by Crippen LogP contribution is 2.18. The number of ether oxygens (including phenoxy) is 1. The SMILES string of the molecule is Cn1c(=O)oc2ccc(Cn3nnn(C4CCOCC4)c3=O)cc21. The van der Waals surface area contributed by atoms with E-state index >= 15 is 0 Å². The summed E-state index contributed by atoms with van der Waals surface area (Å²) in [5.74, 6) is -0.412. The zero-order chi connectivity index (χ0) is 16.7. The van der Waals surface area contributed by atoms with Crippen LogP contribution in [-0.2, 0) is 18.3 Å². The molecule has 2 aromatic heterocycles. The maximum absolute atomic E-state index is 12.5. The smallest absolute Gasteiger partial charge is 0.408 e. The van der Waals surface area contributed by atoms with Gasteiger partial charge in [0.2, 0.25) is 0 Å². The third-order valence-electron chi connectivity index (χ3n) is 4.39. The van der Waals surface area contributed by atoms with Gasteiger partial charge in [0, 0.05) is 20.3 Å². The summed E-state index contributed by atoms with van der Waals surface area (Å²) in [6, 6.07) is 5.39. The molecular formula is C15H17N5O4. The maximum atomic E-state index is 12.5. The first-order valence-electron chi connectivity index (χ1n) is 7.82. The van der Waals surface area contributed by atoms with Crippen molar-refractivity contribution in [1.82, 2.24) is 24.4 Å². The highest BCUT2D eigenvalue weighted by atomic mass is 16.5. The number of benzene rings is 1. The van der Waals surface area contributed by atoms with Gasteiger partial charge in [-0.3, -0.25) is 4.57 Å². The number of oxazole rings is 1. The number of fused-ring (bicyclic) bond motifs is 1. The Labute approximate surface area is 136 Å². The summed E-state index contributed by atoms with van der Waals surface area (Å²) in [6.45, 7) is 1.56. The van der Waals surface area contributed by atoms with Gasteiger partial charge in [0.05, 0.1) is 18.1 Å². The molecule has 0 unspecified atom stereocenters. The first-order chi connectivity index (χ1) is 11.6. The van der Waals surface area contributed by atoms with Crippen molar-refractivity contribution in [2.75, 3.05) is 13.2 Å². The number of aryl methyl sites for hydroxylation is 1. The quantitative estimate of drug-likeness (QED) is 0.684. The van der Waals surface area contributed by atoms with E-state index in [-0.39, 0.29) is 18.3 Å². The Bertz CT molecular complexity index is 989. The zero-order valence-corrected chi connectivity index (χ0v) is 13.2. The number of aromatic nitrogens is 5. The molecule has 24 heavy (non-hydrogen) atoms. The predicted molar refractivity (Wildman–Crippen MR) is 83.9 cm³/mol. The highest BCUT2D eigenvalue weighted by molar-refractivity contribution is 5.73. The predicted octanol–water partition coefficient (Wildman–Crippen LogP) is 0.284. The Balaban J connectivity index is 1.63. The maximum Gasteiger partial charge on any atom is 0.419 e. The van der Waals surface area contributed by atoms with E-state index in [0.717, 1.165) is 18.4 Å². The van der Waals surface area contributed by atoms with Crippen molar-refractivity contribution in [2.24, 2.45) is 7.05 Å². The van der Waals surface area contributed by atoms with E-state index in [1.165, 1.54) is 13.9 Å². The molecule has 1 aliphatic rings. The first kappa shape index (κ1) is 14.9. The third-order valence-corrected chi connectivity index (χ3v) is 4.39. The minimum Gasteiger partial charge on any atom is -0.408 e. The van der Waals surface area contributed by atoms with Crippen LogP contribution in [-0.4, -0.2) is 37.6 Å². The second kappa shape index (κ2) is 5.75. The van der Waals surface area contributed by atoms with Crippen LogP contribution in [0.4, 0.5) is 0 Å². The van der Waals surface area contributed by atoms with Crippen molar-refractivity contribution in [3.05, 3.63) is 44.8 Å². The molecule has 0 saturated carbocycles. The normalized spacial score (nSPS) is 16.0. The van der Waals surface area contributed by atoms with Gasteiger partial charge in [-0.1, -0.05) is 6.07 Å². The van der Waals surface area contributed by atoms with E-state index < -0.39 is 5.76 Å². The summed E-state index contributed by atoms with van der Waals surface area (Å²) in [4.78, 5) is 24.0. The lowest BCUT2D eigenvalue weighted by atomic mass is 10.1. The van der Waals surface area contributed by atoms with E-state index in [1.807, 2.05) is 12.1 Å². The molecule has 3 heterocycles. The van der Waals surface area contributed by atoms with Crippen molar-refractivity contribution in [2.45, 2.75) is 25.4 Å².